The van der Waals surface area contributed by atoms with Gasteiger partial charge in [0.05, 0.1) is 11.5 Å². The average molecular weight is 495 g/mol. The number of rotatable bonds is 10. The summed E-state index contributed by atoms with van der Waals surface area (Å²) in [7, 11) is -3.91. The fourth-order valence-corrected chi connectivity index (χ4v) is 4.09. The first-order chi connectivity index (χ1) is 16.8. The monoisotopic (exact) mass is 494 g/mol. The van der Waals surface area contributed by atoms with Crippen LogP contribution in [0.5, 0.6) is 5.75 Å². The fourth-order valence-electron chi connectivity index (χ4n) is 2.98. The summed E-state index contributed by atoms with van der Waals surface area (Å²) in [6.07, 6.45) is 1.56. The number of ether oxygens (including phenoxy) is 1. The summed E-state index contributed by atoms with van der Waals surface area (Å²) in [4.78, 5) is 24.3. The van der Waals surface area contributed by atoms with Crippen LogP contribution in [-0.2, 0) is 10.0 Å². The number of nitrogens with one attached hydrogen (secondary N) is 4. The molecule has 0 aliphatic heterocycles. The Morgan fingerprint density at radius 1 is 0.914 bits per heavy atom. The van der Waals surface area contributed by atoms with Gasteiger partial charge in [0.1, 0.15) is 5.75 Å². The summed E-state index contributed by atoms with van der Waals surface area (Å²) in [5, 5.41) is 7.95. The lowest BCUT2D eigenvalue weighted by molar-refractivity contribution is 0.102. The second-order valence-corrected chi connectivity index (χ2v) is 8.93. The molecular formula is C25H26N4O5S. The van der Waals surface area contributed by atoms with Crippen molar-refractivity contribution >= 4 is 39.0 Å². The Balaban J connectivity index is 1.66. The molecule has 0 spiro atoms. The lowest BCUT2D eigenvalue weighted by atomic mass is 10.2. The molecule has 3 aromatic rings. The SMILES string of the molecule is C=CCNC(=O)Nc1ccc(NC(=O)c2cccc(S(=O)(=O)Nc3ccc(OCC)cc3)c2)cc1. The minimum absolute atomic E-state index is 0.0517. The third-order valence-corrected chi connectivity index (χ3v) is 6.01. The van der Waals surface area contributed by atoms with Crippen molar-refractivity contribution in [2.24, 2.45) is 0 Å². The molecule has 0 aromatic heterocycles. The molecule has 0 heterocycles. The van der Waals surface area contributed by atoms with Crippen molar-refractivity contribution in [3.63, 3.8) is 0 Å². The maximum atomic E-state index is 12.8. The standard InChI is InChI=1S/C25H26N4O5S/c1-3-16-26-25(31)28-20-10-8-19(9-11-20)27-24(30)18-6-5-7-23(17-18)35(32,33)29-21-12-14-22(15-13-21)34-4-2/h3,5-15,17,29H,1,4,16H2,2H3,(H,27,30)(H2,26,28,31). The number of anilines is 3. The summed E-state index contributed by atoms with van der Waals surface area (Å²) in [6.45, 7) is 6.23. The zero-order valence-electron chi connectivity index (χ0n) is 19.1. The Morgan fingerprint density at radius 3 is 2.17 bits per heavy atom. The molecule has 182 valence electrons. The molecule has 3 aromatic carbocycles. The van der Waals surface area contributed by atoms with Crippen LogP contribution < -0.4 is 25.4 Å². The third kappa shape index (κ3) is 7.34. The zero-order chi connectivity index (χ0) is 25.3. The van der Waals surface area contributed by atoms with Crippen molar-refractivity contribution in [1.82, 2.24) is 5.32 Å². The minimum Gasteiger partial charge on any atom is -0.494 e. The Morgan fingerprint density at radius 2 is 1.54 bits per heavy atom. The van der Waals surface area contributed by atoms with Crippen LogP contribution in [0.4, 0.5) is 21.9 Å². The number of hydrogen-bond acceptors (Lipinski definition) is 5. The second-order valence-electron chi connectivity index (χ2n) is 7.25. The number of benzene rings is 3. The molecule has 0 saturated carbocycles. The Labute approximate surface area is 204 Å². The van der Waals surface area contributed by atoms with E-state index in [0.29, 0.717) is 36.0 Å². The molecule has 0 aliphatic rings. The van der Waals surface area contributed by atoms with Gasteiger partial charge in [-0.1, -0.05) is 12.1 Å². The molecule has 10 heteroatoms. The average Bonchev–Trinajstić information content (AvgIpc) is 2.85. The van der Waals surface area contributed by atoms with Gasteiger partial charge in [0.2, 0.25) is 0 Å². The molecule has 4 N–H and O–H groups in total. The first-order valence-corrected chi connectivity index (χ1v) is 12.2. The van der Waals surface area contributed by atoms with Gasteiger partial charge in [-0.2, -0.15) is 0 Å². The first-order valence-electron chi connectivity index (χ1n) is 10.7. The van der Waals surface area contributed by atoms with Crippen LogP contribution >= 0.6 is 0 Å². The molecule has 0 fully saturated rings. The lowest BCUT2D eigenvalue weighted by Gasteiger charge is -2.11. The number of hydrogen-bond donors (Lipinski definition) is 4. The number of amides is 3. The third-order valence-electron chi connectivity index (χ3n) is 4.63. The Bertz CT molecular complexity index is 1290. The first kappa shape index (κ1) is 25.3. The van der Waals surface area contributed by atoms with E-state index < -0.39 is 15.9 Å². The summed E-state index contributed by atoms with van der Waals surface area (Å²) in [6, 6.07) is 18.4. The van der Waals surface area contributed by atoms with E-state index in [-0.39, 0.29) is 16.5 Å². The van der Waals surface area contributed by atoms with Gasteiger partial charge >= 0.3 is 6.03 Å². The summed E-state index contributed by atoms with van der Waals surface area (Å²) < 4.78 is 33.5. The summed E-state index contributed by atoms with van der Waals surface area (Å²) in [5.41, 5.74) is 1.56. The molecule has 3 amide bonds. The number of carbonyl (C=O) groups is 2. The Kier molecular flexibility index (Phi) is 8.47. The van der Waals surface area contributed by atoms with E-state index in [0.717, 1.165) is 0 Å². The van der Waals surface area contributed by atoms with E-state index in [1.165, 1.54) is 24.3 Å². The molecule has 0 atom stereocenters. The number of carbonyl (C=O) groups excluding carboxylic acids is 2. The van der Waals surface area contributed by atoms with Gasteiger partial charge in [0, 0.05) is 29.2 Å². The molecular weight excluding hydrogens is 468 g/mol. The highest BCUT2D eigenvalue weighted by atomic mass is 32.2. The highest BCUT2D eigenvalue weighted by molar-refractivity contribution is 7.92. The maximum Gasteiger partial charge on any atom is 0.319 e. The van der Waals surface area contributed by atoms with Crippen LogP contribution in [0.15, 0.2) is 90.3 Å². The highest BCUT2D eigenvalue weighted by Gasteiger charge is 2.17. The van der Waals surface area contributed by atoms with E-state index in [2.05, 4.69) is 27.3 Å². The predicted molar refractivity (Wildman–Crippen MR) is 136 cm³/mol. The predicted octanol–water partition coefficient (Wildman–Crippen LogP) is 4.45. The quantitative estimate of drug-likeness (QED) is 0.310. The Hall–Kier alpha value is -4.31. The maximum absolute atomic E-state index is 12.8. The van der Waals surface area contributed by atoms with Gasteiger partial charge in [-0.15, -0.1) is 6.58 Å². The molecule has 0 saturated heterocycles. The van der Waals surface area contributed by atoms with Crippen LogP contribution in [-0.4, -0.2) is 33.5 Å². The van der Waals surface area contributed by atoms with E-state index in [4.69, 9.17) is 4.74 Å². The second kappa shape index (κ2) is 11.7. The van der Waals surface area contributed by atoms with Crippen molar-refractivity contribution in [3.05, 3.63) is 91.0 Å². The number of urea groups is 1. The fraction of sp³-hybridized carbons (Fsp3) is 0.120. The van der Waals surface area contributed by atoms with Crippen LogP contribution in [0, 0.1) is 0 Å². The van der Waals surface area contributed by atoms with E-state index in [9.17, 15) is 18.0 Å². The molecule has 0 bridgehead atoms. The molecule has 0 unspecified atom stereocenters. The topological polar surface area (TPSA) is 126 Å². The highest BCUT2D eigenvalue weighted by Crippen LogP contribution is 2.21. The normalized spacial score (nSPS) is 10.7. The van der Waals surface area contributed by atoms with Gasteiger partial charge < -0.3 is 20.7 Å². The molecule has 3 rings (SSSR count). The van der Waals surface area contributed by atoms with Crippen LogP contribution in [0.25, 0.3) is 0 Å². The van der Waals surface area contributed by atoms with Crippen molar-refractivity contribution in [3.8, 4) is 5.75 Å². The van der Waals surface area contributed by atoms with Crippen LogP contribution in [0.2, 0.25) is 0 Å². The van der Waals surface area contributed by atoms with Crippen molar-refractivity contribution in [2.75, 3.05) is 28.5 Å². The van der Waals surface area contributed by atoms with Gasteiger partial charge in [0.15, 0.2) is 0 Å². The molecule has 0 aliphatic carbocycles. The van der Waals surface area contributed by atoms with Gasteiger partial charge in [-0.05, 0) is 73.7 Å². The number of sulfonamides is 1. The van der Waals surface area contributed by atoms with Crippen LogP contribution in [0.1, 0.15) is 17.3 Å². The van der Waals surface area contributed by atoms with Gasteiger partial charge in [-0.3, -0.25) is 9.52 Å². The van der Waals surface area contributed by atoms with Gasteiger partial charge in [0.25, 0.3) is 15.9 Å². The van der Waals surface area contributed by atoms with E-state index >= 15 is 0 Å². The van der Waals surface area contributed by atoms with E-state index in [1.54, 1.807) is 54.6 Å². The molecule has 0 radical (unpaired) electrons. The smallest absolute Gasteiger partial charge is 0.319 e. The minimum atomic E-state index is -3.91. The molecule has 35 heavy (non-hydrogen) atoms. The largest absolute Gasteiger partial charge is 0.494 e. The van der Waals surface area contributed by atoms with Crippen molar-refractivity contribution in [2.45, 2.75) is 11.8 Å². The van der Waals surface area contributed by atoms with Crippen LogP contribution in [0.3, 0.4) is 0 Å². The zero-order valence-corrected chi connectivity index (χ0v) is 19.9. The van der Waals surface area contributed by atoms with Crippen molar-refractivity contribution < 1.29 is 22.7 Å². The van der Waals surface area contributed by atoms with Crippen molar-refractivity contribution in [1.29, 1.82) is 0 Å². The van der Waals surface area contributed by atoms with E-state index in [1.807, 2.05) is 6.92 Å². The lowest BCUT2D eigenvalue weighted by Crippen LogP contribution is -2.28. The van der Waals surface area contributed by atoms with Gasteiger partial charge in [-0.25, -0.2) is 13.2 Å². The summed E-state index contributed by atoms with van der Waals surface area (Å²) in [5.74, 6) is 0.154. The summed E-state index contributed by atoms with van der Waals surface area (Å²) >= 11 is 0. The molecule has 9 nitrogen and oxygen atoms in total.